The minimum Gasteiger partial charge on any atom is -0.479 e. The summed E-state index contributed by atoms with van der Waals surface area (Å²) in [6.07, 6.45) is 1.51. The number of aliphatic carboxylic acids is 1. The predicted molar refractivity (Wildman–Crippen MR) is 92.3 cm³/mol. The SMILES string of the molecule is O=C(O)C1CN(C(=O)c2ccccc2S(=O)(=O)N2CCCCC2)CCO1. The van der Waals surface area contributed by atoms with E-state index in [2.05, 4.69) is 0 Å². The molecule has 0 radical (unpaired) electrons. The Labute approximate surface area is 152 Å². The third-order valence-corrected chi connectivity index (χ3v) is 6.64. The van der Waals surface area contributed by atoms with Crippen LogP contribution in [-0.4, -0.2) is 73.5 Å². The molecule has 0 bridgehead atoms. The Bertz CT molecular complexity index is 788. The average Bonchev–Trinajstić information content (AvgIpc) is 2.68. The molecule has 142 valence electrons. The van der Waals surface area contributed by atoms with E-state index in [0.29, 0.717) is 13.1 Å². The number of carboxylic acids is 1. The highest BCUT2D eigenvalue weighted by Crippen LogP contribution is 2.25. The number of hydrogen-bond donors (Lipinski definition) is 1. The topological polar surface area (TPSA) is 104 Å². The summed E-state index contributed by atoms with van der Waals surface area (Å²) in [5.41, 5.74) is 0.0733. The van der Waals surface area contributed by atoms with Gasteiger partial charge in [0.2, 0.25) is 10.0 Å². The molecule has 2 aliphatic heterocycles. The number of ether oxygens (including phenoxy) is 1. The number of benzene rings is 1. The fourth-order valence-corrected chi connectivity index (χ4v) is 4.97. The molecule has 1 unspecified atom stereocenters. The van der Waals surface area contributed by atoms with Crippen LogP contribution in [0.3, 0.4) is 0 Å². The third-order valence-electron chi connectivity index (χ3n) is 4.68. The molecule has 1 aromatic carbocycles. The normalized spacial score (nSPS) is 22.2. The maximum Gasteiger partial charge on any atom is 0.334 e. The van der Waals surface area contributed by atoms with Gasteiger partial charge in [-0.3, -0.25) is 4.79 Å². The first kappa shape index (κ1) is 18.8. The van der Waals surface area contributed by atoms with E-state index >= 15 is 0 Å². The van der Waals surface area contributed by atoms with Crippen molar-refractivity contribution in [2.24, 2.45) is 0 Å². The van der Waals surface area contributed by atoms with E-state index in [1.807, 2.05) is 0 Å². The first-order valence-electron chi connectivity index (χ1n) is 8.64. The molecule has 26 heavy (non-hydrogen) atoms. The molecular weight excluding hydrogens is 360 g/mol. The molecule has 2 heterocycles. The monoisotopic (exact) mass is 382 g/mol. The van der Waals surface area contributed by atoms with Gasteiger partial charge in [0.25, 0.3) is 5.91 Å². The van der Waals surface area contributed by atoms with Crippen LogP contribution < -0.4 is 0 Å². The van der Waals surface area contributed by atoms with Gasteiger partial charge in [-0.25, -0.2) is 13.2 Å². The minimum absolute atomic E-state index is 0.0229. The molecular formula is C17H22N2O6S. The number of rotatable bonds is 4. The molecule has 1 aromatic rings. The van der Waals surface area contributed by atoms with Crippen molar-refractivity contribution >= 4 is 21.9 Å². The van der Waals surface area contributed by atoms with Crippen LogP contribution >= 0.6 is 0 Å². The number of morpholine rings is 1. The Balaban J connectivity index is 1.89. The molecule has 1 amide bonds. The highest BCUT2D eigenvalue weighted by Gasteiger charge is 2.34. The van der Waals surface area contributed by atoms with Gasteiger partial charge in [-0.15, -0.1) is 0 Å². The first-order valence-corrected chi connectivity index (χ1v) is 10.1. The van der Waals surface area contributed by atoms with Gasteiger partial charge in [0.15, 0.2) is 6.10 Å². The van der Waals surface area contributed by atoms with Crippen molar-refractivity contribution < 1.29 is 27.9 Å². The molecule has 2 fully saturated rings. The Hall–Kier alpha value is -1.97. The van der Waals surface area contributed by atoms with Crippen molar-refractivity contribution in [2.45, 2.75) is 30.3 Å². The Morgan fingerprint density at radius 3 is 2.46 bits per heavy atom. The molecule has 3 rings (SSSR count). The van der Waals surface area contributed by atoms with Gasteiger partial charge in [0, 0.05) is 19.6 Å². The number of hydrogen-bond acceptors (Lipinski definition) is 5. The maximum absolute atomic E-state index is 13.0. The molecule has 2 aliphatic rings. The fraction of sp³-hybridized carbons (Fsp3) is 0.529. The average molecular weight is 382 g/mol. The Kier molecular flexibility index (Phi) is 5.59. The van der Waals surface area contributed by atoms with Crippen molar-refractivity contribution in [2.75, 3.05) is 32.8 Å². The van der Waals surface area contributed by atoms with E-state index in [1.54, 1.807) is 12.1 Å². The predicted octanol–water partition coefficient (Wildman–Crippen LogP) is 0.787. The first-order chi connectivity index (χ1) is 12.4. The second kappa shape index (κ2) is 7.73. The summed E-state index contributed by atoms with van der Waals surface area (Å²) >= 11 is 0. The Morgan fingerprint density at radius 1 is 1.08 bits per heavy atom. The van der Waals surface area contributed by atoms with Crippen LogP contribution in [0, 0.1) is 0 Å². The van der Waals surface area contributed by atoms with Gasteiger partial charge < -0.3 is 14.7 Å². The zero-order valence-corrected chi connectivity index (χ0v) is 15.2. The zero-order valence-electron chi connectivity index (χ0n) is 14.3. The van der Waals surface area contributed by atoms with Crippen LogP contribution in [0.4, 0.5) is 0 Å². The number of sulfonamides is 1. The van der Waals surface area contributed by atoms with Gasteiger partial charge in [0.05, 0.1) is 23.6 Å². The van der Waals surface area contributed by atoms with E-state index in [9.17, 15) is 18.0 Å². The molecule has 0 saturated carbocycles. The highest BCUT2D eigenvalue weighted by molar-refractivity contribution is 7.89. The van der Waals surface area contributed by atoms with Crippen molar-refractivity contribution in [3.63, 3.8) is 0 Å². The lowest BCUT2D eigenvalue weighted by molar-refractivity contribution is -0.154. The number of nitrogens with zero attached hydrogens (tertiary/aromatic N) is 2. The Morgan fingerprint density at radius 2 is 1.77 bits per heavy atom. The van der Waals surface area contributed by atoms with E-state index < -0.39 is 28.0 Å². The van der Waals surface area contributed by atoms with Crippen LogP contribution in [0.25, 0.3) is 0 Å². The molecule has 1 atom stereocenters. The van der Waals surface area contributed by atoms with Crippen molar-refractivity contribution in [1.29, 1.82) is 0 Å². The highest BCUT2D eigenvalue weighted by atomic mass is 32.2. The van der Waals surface area contributed by atoms with Crippen LogP contribution in [0.15, 0.2) is 29.2 Å². The molecule has 8 nitrogen and oxygen atoms in total. The number of carbonyl (C=O) groups is 2. The summed E-state index contributed by atoms with van der Waals surface area (Å²) in [5, 5.41) is 9.10. The molecule has 0 aromatic heterocycles. The van der Waals surface area contributed by atoms with Crippen LogP contribution in [0.5, 0.6) is 0 Å². The van der Waals surface area contributed by atoms with Crippen molar-refractivity contribution in [3.8, 4) is 0 Å². The molecule has 1 N–H and O–H groups in total. The summed E-state index contributed by atoms with van der Waals surface area (Å²) in [6, 6.07) is 6.11. The van der Waals surface area contributed by atoms with Gasteiger partial charge >= 0.3 is 5.97 Å². The summed E-state index contributed by atoms with van der Waals surface area (Å²) in [6.45, 7) is 1.11. The van der Waals surface area contributed by atoms with Crippen LogP contribution in [-0.2, 0) is 19.6 Å². The number of piperidine rings is 1. The quantitative estimate of drug-likeness (QED) is 0.826. The summed E-state index contributed by atoms with van der Waals surface area (Å²) in [7, 11) is -3.77. The number of carboxylic acid groups (broad SMARTS) is 1. The van der Waals surface area contributed by atoms with Gasteiger partial charge in [-0.2, -0.15) is 4.31 Å². The third kappa shape index (κ3) is 3.74. The lowest BCUT2D eigenvalue weighted by atomic mass is 10.1. The molecule has 2 saturated heterocycles. The van der Waals surface area contributed by atoms with E-state index in [0.717, 1.165) is 19.3 Å². The van der Waals surface area contributed by atoms with Gasteiger partial charge in [0.1, 0.15) is 0 Å². The molecule has 0 aliphatic carbocycles. The molecule has 9 heteroatoms. The maximum atomic E-state index is 13.0. The van der Waals surface area contributed by atoms with E-state index in [4.69, 9.17) is 9.84 Å². The lowest BCUT2D eigenvalue weighted by Crippen LogP contribution is -2.49. The summed E-state index contributed by atoms with van der Waals surface area (Å²) < 4.78 is 32.6. The van der Waals surface area contributed by atoms with Gasteiger partial charge in [-0.05, 0) is 25.0 Å². The van der Waals surface area contributed by atoms with Crippen molar-refractivity contribution in [1.82, 2.24) is 9.21 Å². The fourth-order valence-electron chi connectivity index (χ4n) is 3.27. The van der Waals surface area contributed by atoms with Gasteiger partial charge in [-0.1, -0.05) is 18.6 Å². The minimum atomic E-state index is -3.77. The second-order valence-electron chi connectivity index (χ2n) is 6.41. The van der Waals surface area contributed by atoms with E-state index in [1.165, 1.54) is 21.3 Å². The summed E-state index contributed by atoms with van der Waals surface area (Å²) in [4.78, 5) is 25.4. The largest absolute Gasteiger partial charge is 0.479 e. The second-order valence-corrected chi connectivity index (χ2v) is 8.32. The number of amides is 1. The lowest BCUT2D eigenvalue weighted by Gasteiger charge is -2.32. The standard InChI is InChI=1S/C17H22N2O6S/c20-16(18-10-11-25-14(12-18)17(21)22)13-6-2-3-7-15(13)26(23,24)19-8-4-1-5-9-19/h2-3,6-7,14H,1,4-5,8-12H2,(H,21,22). The smallest absolute Gasteiger partial charge is 0.334 e. The van der Waals surface area contributed by atoms with Crippen LogP contribution in [0.1, 0.15) is 29.6 Å². The van der Waals surface area contributed by atoms with Crippen molar-refractivity contribution in [3.05, 3.63) is 29.8 Å². The zero-order chi connectivity index (χ0) is 18.7. The molecule has 0 spiro atoms. The summed E-state index contributed by atoms with van der Waals surface area (Å²) in [5.74, 6) is -1.63. The van der Waals surface area contributed by atoms with E-state index in [-0.39, 0.29) is 30.2 Å². The number of carbonyl (C=O) groups excluding carboxylic acids is 1. The van der Waals surface area contributed by atoms with Crippen LogP contribution in [0.2, 0.25) is 0 Å².